The minimum absolute atomic E-state index is 0.484. The Balaban J connectivity index is 2.49. The van der Waals surface area contributed by atoms with Gasteiger partial charge in [0.2, 0.25) is 5.89 Å². The van der Waals surface area contributed by atoms with Crippen molar-refractivity contribution in [3.8, 4) is 11.5 Å². The summed E-state index contributed by atoms with van der Waals surface area (Å²) in [6.45, 7) is 0. The van der Waals surface area contributed by atoms with Crippen molar-refractivity contribution in [2.75, 3.05) is 0 Å². The Labute approximate surface area is 85.1 Å². The Kier molecular flexibility index (Phi) is 2.25. The van der Waals surface area contributed by atoms with Crippen LogP contribution in [0.3, 0.4) is 0 Å². The molecule has 1 radical (unpaired) electrons. The molecule has 1 heterocycles. The zero-order valence-electron chi connectivity index (χ0n) is 6.42. The van der Waals surface area contributed by atoms with Crippen LogP contribution >= 0.6 is 23.2 Å². The molecular formula is C9H4Cl2NO. The third-order valence-electron chi connectivity index (χ3n) is 1.56. The molecule has 4 heteroatoms. The first-order chi connectivity index (χ1) is 6.27. The van der Waals surface area contributed by atoms with E-state index in [4.69, 9.17) is 27.6 Å². The van der Waals surface area contributed by atoms with Crippen molar-refractivity contribution in [3.63, 3.8) is 0 Å². The van der Waals surface area contributed by atoms with Crippen LogP contribution in [0.2, 0.25) is 10.0 Å². The van der Waals surface area contributed by atoms with Gasteiger partial charge in [0.15, 0.2) is 0 Å². The number of oxazole rings is 1. The number of benzene rings is 1. The molecule has 0 amide bonds. The van der Waals surface area contributed by atoms with Gasteiger partial charge in [0.25, 0.3) is 0 Å². The molecule has 1 aromatic carbocycles. The molecule has 2 rings (SSSR count). The zero-order valence-corrected chi connectivity index (χ0v) is 7.93. The first-order valence-electron chi connectivity index (χ1n) is 3.54. The summed E-state index contributed by atoms with van der Waals surface area (Å²) >= 11 is 11.6. The summed E-state index contributed by atoms with van der Waals surface area (Å²) in [7, 11) is 0. The van der Waals surface area contributed by atoms with E-state index in [1.165, 1.54) is 6.26 Å². The molecule has 0 saturated carbocycles. The Morgan fingerprint density at radius 3 is 2.69 bits per heavy atom. The Bertz CT molecular complexity index is 412. The molecule has 0 atom stereocenters. The molecular weight excluding hydrogens is 209 g/mol. The number of aromatic nitrogens is 1. The highest BCUT2D eigenvalue weighted by Gasteiger charge is 2.04. The van der Waals surface area contributed by atoms with Crippen molar-refractivity contribution in [3.05, 3.63) is 40.7 Å². The first kappa shape index (κ1) is 8.60. The number of rotatable bonds is 1. The standard InChI is InChI=1S/C9H4Cl2NO/c10-7-2-1-6(5-8(7)11)9-12-3-4-13-9/h1-2,4-5H. The molecule has 0 unspecified atom stereocenters. The van der Waals surface area contributed by atoms with E-state index in [0.29, 0.717) is 15.9 Å². The zero-order chi connectivity index (χ0) is 9.26. The molecule has 65 valence electrons. The van der Waals surface area contributed by atoms with Crippen LogP contribution in [0, 0.1) is 6.20 Å². The molecule has 2 nitrogen and oxygen atoms in total. The summed E-state index contributed by atoms with van der Waals surface area (Å²) in [6.07, 6.45) is 3.96. The quantitative estimate of drug-likeness (QED) is 0.724. The van der Waals surface area contributed by atoms with E-state index in [1.807, 2.05) is 0 Å². The first-order valence-corrected chi connectivity index (χ1v) is 4.30. The van der Waals surface area contributed by atoms with E-state index in [1.54, 1.807) is 18.2 Å². The van der Waals surface area contributed by atoms with Crippen molar-refractivity contribution < 1.29 is 4.42 Å². The van der Waals surface area contributed by atoms with Gasteiger partial charge in [-0.3, -0.25) is 0 Å². The van der Waals surface area contributed by atoms with Gasteiger partial charge in [-0.2, -0.15) is 0 Å². The highest BCUT2D eigenvalue weighted by molar-refractivity contribution is 6.42. The fraction of sp³-hybridized carbons (Fsp3) is 0. The second kappa shape index (κ2) is 3.40. The average Bonchev–Trinajstić information content (AvgIpc) is 2.62. The van der Waals surface area contributed by atoms with Crippen LogP contribution in [-0.2, 0) is 0 Å². The molecule has 0 aliphatic heterocycles. The molecule has 0 fully saturated rings. The average molecular weight is 213 g/mol. The van der Waals surface area contributed by atoms with Crippen molar-refractivity contribution in [2.45, 2.75) is 0 Å². The lowest BCUT2D eigenvalue weighted by atomic mass is 10.2. The molecule has 0 N–H and O–H groups in total. The second-order valence-electron chi connectivity index (χ2n) is 2.41. The normalized spacial score (nSPS) is 10.3. The Hall–Kier alpha value is -0.990. The van der Waals surface area contributed by atoms with Gasteiger partial charge in [0, 0.05) is 5.56 Å². The van der Waals surface area contributed by atoms with Crippen molar-refractivity contribution >= 4 is 23.2 Å². The molecule has 0 aliphatic rings. The number of hydrogen-bond donors (Lipinski definition) is 0. The molecule has 0 saturated heterocycles. The Morgan fingerprint density at radius 2 is 2.08 bits per heavy atom. The van der Waals surface area contributed by atoms with Crippen LogP contribution in [-0.4, -0.2) is 4.98 Å². The minimum Gasteiger partial charge on any atom is -0.444 e. The number of nitrogens with zero attached hydrogens (tertiary/aromatic N) is 1. The molecule has 0 bridgehead atoms. The van der Waals surface area contributed by atoms with Gasteiger partial charge in [-0.25, -0.2) is 4.98 Å². The van der Waals surface area contributed by atoms with E-state index < -0.39 is 0 Å². The smallest absolute Gasteiger partial charge is 0.226 e. The maximum atomic E-state index is 5.82. The predicted octanol–water partition coefficient (Wildman–Crippen LogP) is 3.45. The van der Waals surface area contributed by atoms with Gasteiger partial charge in [-0.1, -0.05) is 23.2 Å². The minimum atomic E-state index is 0.484. The third-order valence-corrected chi connectivity index (χ3v) is 2.29. The van der Waals surface area contributed by atoms with E-state index in [-0.39, 0.29) is 0 Å². The van der Waals surface area contributed by atoms with Crippen LogP contribution in [0.4, 0.5) is 0 Å². The summed E-state index contributed by atoms with van der Waals surface area (Å²) in [5.74, 6) is 0.485. The highest BCUT2D eigenvalue weighted by atomic mass is 35.5. The largest absolute Gasteiger partial charge is 0.444 e. The van der Waals surface area contributed by atoms with Crippen LogP contribution < -0.4 is 0 Å². The van der Waals surface area contributed by atoms with Crippen molar-refractivity contribution in [2.24, 2.45) is 0 Å². The molecule has 2 aromatic rings. The molecule has 0 spiro atoms. The maximum Gasteiger partial charge on any atom is 0.226 e. The van der Waals surface area contributed by atoms with Crippen LogP contribution in [0.25, 0.3) is 11.5 Å². The molecule has 13 heavy (non-hydrogen) atoms. The lowest BCUT2D eigenvalue weighted by Crippen LogP contribution is -1.77. The SMILES string of the molecule is Clc1ccc(-c2n[c]co2)cc1Cl. The van der Waals surface area contributed by atoms with E-state index >= 15 is 0 Å². The lowest BCUT2D eigenvalue weighted by Gasteiger charge is -1.97. The topological polar surface area (TPSA) is 26.0 Å². The number of hydrogen-bond acceptors (Lipinski definition) is 2. The summed E-state index contributed by atoms with van der Waals surface area (Å²) in [4.78, 5) is 3.86. The Morgan fingerprint density at radius 1 is 1.23 bits per heavy atom. The maximum absolute atomic E-state index is 5.82. The van der Waals surface area contributed by atoms with E-state index in [2.05, 4.69) is 11.2 Å². The predicted molar refractivity (Wildman–Crippen MR) is 50.8 cm³/mol. The van der Waals surface area contributed by atoms with Crippen LogP contribution in [0.15, 0.2) is 28.9 Å². The van der Waals surface area contributed by atoms with Gasteiger partial charge in [-0.15, -0.1) is 0 Å². The van der Waals surface area contributed by atoms with Crippen molar-refractivity contribution in [1.82, 2.24) is 4.98 Å². The molecule has 1 aromatic heterocycles. The van der Waals surface area contributed by atoms with E-state index in [0.717, 1.165) is 5.56 Å². The second-order valence-corrected chi connectivity index (χ2v) is 3.23. The van der Waals surface area contributed by atoms with Gasteiger partial charge in [0.1, 0.15) is 12.5 Å². The fourth-order valence-corrected chi connectivity index (χ4v) is 1.25. The summed E-state index contributed by atoms with van der Waals surface area (Å²) in [6, 6.07) is 5.18. The van der Waals surface area contributed by atoms with Crippen molar-refractivity contribution in [1.29, 1.82) is 0 Å². The fourth-order valence-electron chi connectivity index (χ4n) is 0.955. The van der Waals surface area contributed by atoms with Gasteiger partial charge in [-0.05, 0) is 18.2 Å². The van der Waals surface area contributed by atoms with Gasteiger partial charge < -0.3 is 4.42 Å². The monoisotopic (exact) mass is 212 g/mol. The lowest BCUT2D eigenvalue weighted by molar-refractivity contribution is 0.574. The highest BCUT2D eigenvalue weighted by Crippen LogP contribution is 2.27. The summed E-state index contributed by atoms with van der Waals surface area (Å²) < 4.78 is 5.05. The van der Waals surface area contributed by atoms with Gasteiger partial charge in [0.05, 0.1) is 10.0 Å². The third kappa shape index (κ3) is 1.69. The summed E-state index contributed by atoms with van der Waals surface area (Å²) in [5, 5.41) is 0.998. The summed E-state index contributed by atoms with van der Waals surface area (Å²) in [5.41, 5.74) is 0.788. The number of halogens is 2. The van der Waals surface area contributed by atoms with Crippen LogP contribution in [0.1, 0.15) is 0 Å². The molecule has 0 aliphatic carbocycles. The van der Waals surface area contributed by atoms with Crippen LogP contribution in [0.5, 0.6) is 0 Å². The van der Waals surface area contributed by atoms with E-state index in [9.17, 15) is 0 Å². The van der Waals surface area contributed by atoms with Gasteiger partial charge >= 0.3 is 0 Å².